The average Bonchev–Trinajstić information content (AvgIpc) is 3.51. The van der Waals surface area contributed by atoms with Crippen LogP contribution in [0.4, 0.5) is 0 Å². The molecule has 1 aromatic heterocycles. The van der Waals surface area contributed by atoms with Crippen LogP contribution >= 0.6 is 0 Å². The van der Waals surface area contributed by atoms with Gasteiger partial charge in [-0.2, -0.15) is 0 Å². The molecule has 0 aliphatic rings. The van der Waals surface area contributed by atoms with Gasteiger partial charge >= 0.3 is 0 Å². The van der Waals surface area contributed by atoms with Crippen LogP contribution in [-0.4, -0.2) is 0 Å². The molecule has 0 radical (unpaired) electrons. The smallest absolute Gasteiger partial charge is 0.143 e. The fraction of sp³-hybridized carbons (Fsp3) is 0. The van der Waals surface area contributed by atoms with Crippen molar-refractivity contribution in [1.29, 1.82) is 0 Å². The number of furan rings is 1. The summed E-state index contributed by atoms with van der Waals surface area (Å²) in [7, 11) is 0. The van der Waals surface area contributed by atoms with Gasteiger partial charge in [-0.1, -0.05) is 152 Å². The van der Waals surface area contributed by atoms with E-state index in [-0.39, 0.29) is 0 Å². The zero-order valence-electron chi connectivity index (χ0n) is 26.5. The maximum absolute atomic E-state index is 9.53. The normalized spacial score (nSPS) is 12.1. The van der Waals surface area contributed by atoms with Crippen molar-refractivity contribution in [2.24, 2.45) is 0 Å². The molecule has 0 saturated carbocycles. The lowest BCUT2D eigenvalue weighted by atomic mass is 9.85. The summed E-state index contributed by atoms with van der Waals surface area (Å²) in [6, 6.07) is 58.4. The fourth-order valence-electron chi connectivity index (χ4n) is 7.58. The average molecular weight is 598 g/mol. The Morgan fingerprint density at radius 2 is 0.851 bits per heavy atom. The largest absolute Gasteiger partial charge is 0.455 e. The van der Waals surface area contributed by atoms with E-state index in [1.54, 1.807) is 0 Å². The molecule has 0 spiro atoms. The standard InChI is InChI=1S/C46H28O/c1-2-12-30(13-3-1)43-36-18-8-10-20-38(36)44(39-21-11-9-19-37(39)43)31-24-22-29(23-25-31)40-27-34-16-6-7-17-35(34)46-45(40)41-26-32-14-4-5-15-33(32)28-42(41)47-46/h1-28H/i27D. The van der Waals surface area contributed by atoms with E-state index in [4.69, 9.17) is 4.42 Å². The van der Waals surface area contributed by atoms with Crippen LogP contribution in [0.25, 0.3) is 98.4 Å². The summed E-state index contributed by atoms with van der Waals surface area (Å²) in [6.45, 7) is 0. The van der Waals surface area contributed by atoms with E-state index in [2.05, 4.69) is 146 Å². The predicted molar refractivity (Wildman–Crippen MR) is 200 cm³/mol. The Labute approximate surface area is 273 Å². The number of benzene rings is 9. The van der Waals surface area contributed by atoms with Crippen molar-refractivity contribution >= 4 is 65.0 Å². The SMILES string of the molecule is [2H]c1c(-c2ccc(-c3c4ccccc4c(-c4ccccc4)c4ccccc34)cc2)c2c3cc4ccccc4cc3oc2c2ccccc12. The van der Waals surface area contributed by atoms with Crippen molar-refractivity contribution in [1.82, 2.24) is 0 Å². The third-order valence-electron chi connectivity index (χ3n) is 9.69. The molecule has 0 fully saturated rings. The molecule has 0 aliphatic carbocycles. The van der Waals surface area contributed by atoms with Gasteiger partial charge in [-0.25, -0.2) is 0 Å². The van der Waals surface area contributed by atoms with E-state index in [1.807, 2.05) is 18.2 Å². The summed E-state index contributed by atoms with van der Waals surface area (Å²) in [5.41, 5.74) is 8.44. The Balaban J connectivity index is 1.24. The molecule has 0 bridgehead atoms. The predicted octanol–water partition coefficient (Wildman–Crippen LogP) is 13.2. The van der Waals surface area contributed by atoms with Crippen LogP contribution in [-0.2, 0) is 0 Å². The summed E-state index contributed by atoms with van der Waals surface area (Å²) < 4.78 is 16.2. The van der Waals surface area contributed by atoms with Gasteiger partial charge in [-0.3, -0.25) is 0 Å². The maximum Gasteiger partial charge on any atom is 0.143 e. The summed E-state index contributed by atoms with van der Waals surface area (Å²) in [5.74, 6) is 0. The van der Waals surface area contributed by atoms with Crippen LogP contribution < -0.4 is 0 Å². The van der Waals surface area contributed by atoms with Crippen LogP contribution in [0.15, 0.2) is 174 Å². The molecule has 0 unspecified atom stereocenters. The van der Waals surface area contributed by atoms with E-state index in [0.29, 0.717) is 6.04 Å². The fourth-order valence-corrected chi connectivity index (χ4v) is 7.58. The highest BCUT2D eigenvalue weighted by Crippen LogP contribution is 2.45. The first-order chi connectivity index (χ1) is 23.7. The molecule has 0 aliphatic heterocycles. The Bertz CT molecular complexity index is 2820. The van der Waals surface area contributed by atoms with Crippen molar-refractivity contribution in [2.75, 3.05) is 0 Å². The van der Waals surface area contributed by atoms with Gasteiger partial charge in [0.1, 0.15) is 11.2 Å². The van der Waals surface area contributed by atoms with Crippen LogP contribution in [0, 0.1) is 0 Å². The van der Waals surface area contributed by atoms with Crippen LogP contribution in [0.2, 0.25) is 0 Å². The molecule has 1 nitrogen and oxygen atoms in total. The highest BCUT2D eigenvalue weighted by Gasteiger charge is 2.19. The highest BCUT2D eigenvalue weighted by atomic mass is 16.3. The second-order valence-electron chi connectivity index (χ2n) is 12.3. The minimum atomic E-state index is 0.518. The number of hydrogen-bond donors (Lipinski definition) is 0. The second kappa shape index (κ2) is 10.2. The Kier molecular flexibility index (Phi) is 5.42. The van der Waals surface area contributed by atoms with E-state index >= 15 is 0 Å². The van der Waals surface area contributed by atoms with Crippen LogP contribution in [0.1, 0.15) is 1.37 Å². The molecule has 0 saturated heterocycles. The molecule has 9 aromatic carbocycles. The van der Waals surface area contributed by atoms with Crippen molar-refractivity contribution in [3.63, 3.8) is 0 Å². The number of fused-ring (bicyclic) bond motifs is 8. The molecule has 0 N–H and O–H groups in total. The first-order valence-corrected chi connectivity index (χ1v) is 16.1. The molecule has 218 valence electrons. The minimum Gasteiger partial charge on any atom is -0.455 e. The third kappa shape index (κ3) is 3.97. The Hall–Kier alpha value is -6.18. The van der Waals surface area contributed by atoms with Crippen molar-refractivity contribution in [3.8, 4) is 33.4 Å². The maximum atomic E-state index is 9.53. The molecule has 47 heavy (non-hydrogen) atoms. The Morgan fingerprint density at radius 1 is 0.383 bits per heavy atom. The van der Waals surface area contributed by atoms with E-state index in [0.717, 1.165) is 60.2 Å². The summed E-state index contributed by atoms with van der Waals surface area (Å²) >= 11 is 0. The van der Waals surface area contributed by atoms with Gasteiger partial charge in [0.25, 0.3) is 0 Å². The van der Waals surface area contributed by atoms with Crippen molar-refractivity contribution in [2.45, 2.75) is 0 Å². The molecular formula is C46H28O. The van der Waals surface area contributed by atoms with Gasteiger partial charge in [-0.15, -0.1) is 0 Å². The van der Waals surface area contributed by atoms with Gasteiger partial charge in [0.15, 0.2) is 0 Å². The van der Waals surface area contributed by atoms with Gasteiger partial charge < -0.3 is 4.42 Å². The monoisotopic (exact) mass is 597 g/mol. The molecule has 1 heteroatoms. The quantitative estimate of drug-likeness (QED) is 0.185. The highest BCUT2D eigenvalue weighted by molar-refractivity contribution is 6.24. The lowest BCUT2D eigenvalue weighted by molar-refractivity contribution is 0.673. The second-order valence-corrected chi connectivity index (χ2v) is 12.3. The van der Waals surface area contributed by atoms with Gasteiger partial charge in [0, 0.05) is 16.2 Å². The van der Waals surface area contributed by atoms with Crippen molar-refractivity contribution < 1.29 is 5.79 Å². The molecule has 0 amide bonds. The summed E-state index contributed by atoms with van der Waals surface area (Å²) in [4.78, 5) is 0. The zero-order valence-corrected chi connectivity index (χ0v) is 25.5. The molecule has 1 heterocycles. The molecule has 0 atom stereocenters. The molecule has 10 rings (SSSR count). The van der Waals surface area contributed by atoms with E-state index in [1.165, 1.54) is 38.2 Å². The van der Waals surface area contributed by atoms with Gasteiger partial charge in [0.05, 0.1) is 1.37 Å². The summed E-state index contributed by atoms with van der Waals surface area (Å²) in [5, 5.41) is 11.1. The van der Waals surface area contributed by atoms with Crippen LogP contribution in [0.5, 0.6) is 0 Å². The minimum absolute atomic E-state index is 0.518. The molecule has 10 aromatic rings. The van der Waals surface area contributed by atoms with Gasteiger partial charge in [-0.05, 0) is 89.3 Å². The van der Waals surface area contributed by atoms with Crippen LogP contribution in [0.3, 0.4) is 0 Å². The number of rotatable bonds is 3. The van der Waals surface area contributed by atoms with Crippen molar-refractivity contribution in [3.05, 3.63) is 170 Å². The van der Waals surface area contributed by atoms with E-state index < -0.39 is 0 Å². The first kappa shape index (κ1) is 25.1. The first-order valence-electron chi connectivity index (χ1n) is 16.6. The molecular weight excluding hydrogens is 569 g/mol. The van der Waals surface area contributed by atoms with E-state index in [9.17, 15) is 1.37 Å². The number of hydrogen-bond acceptors (Lipinski definition) is 1. The summed E-state index contributed by atoms with van der Waals surface area (Å²) in [6.07, 6.45) is 0. The lowest BCUT2D eigenvalue weighted by Crippen LogP contribution is -1.91. The Morgan fingerprint density at radius 3 is 1.47 bits per heavy atom. The van der Waals surface area contributed by atoms with Gasteiger partial charge in [0.2, 0.25) is 0 Å². The topological polar surface area (TPSA) is 13.1 Å². The third-order valence-corrected chi connectivity index (χ3v) is 9.69. The lowest BCUT2D eigenvalue weighted by Gasteiger charge is -2.18. The zero-order chi connectivity index (χ0) is 31.8.